The summed E-state index contributed by atoms with van der Waals surface area (Å²) in [4.78, 5) is 12.3. The molecule has 1 aliphatic heterocycles. The van der Waals surface area contributed by atoms with Crippen LogP contribution in [-0.4, -0.2) is 53.6 Å². The molecule has 1 saturated heterocycles. The van der Waals surface area contributed by atoms with Gasteiger partial charge in [0.2, 0.25) is 15.9 Å². The minimum Gasteiger partial charge on any atom is -0.352 e. The third-order valence-corrected chi connectivity index (χ3v) is 6.53. The van der Waals surface area contributed by atoms with Gasteiger partial charge in [0.05, 0.1) is 12.2 Å². The molecule has 1 aromatic heterocycles. The summed E-state index contributed by atoms with van der Waals surface area (Å²) in [5, 5.41) is 6.86. The molecule has 9 heteroatoms. The average molecular weight is 357 g/mol. The molecule has 1 amide bonds. The molecule has 0 saturated carbocycles. The molecule has 2 heterocycles. The van der Waals surface area contributed by atoms with Crippen LogP contribution in [0.4, 0.5) is 0 Å². The minimum atomic E-state index is -3.51. The Morgan fingerprint density at radius 2 is 2.08 bits per heavy atom. The fourth-order valence-corrected chi connectivity index (χ4v) is 4.19. The van der Waals surface area contributed by atoms with Crippen molar-refractivity contribution in [3.05, 3.63) is 12.4 Å². The van der Waals surface area contributed by atoms with E-state index in [1.807, 2.05) is 13.8 Å². The van der Waals surface area contributed by atoms with E-state index in [0.29, 0.717) is 25.9 Å². The predicted molar refractivity (Wildman–Crippen MR) is 90.6 cm³/mol. The Morgan fingerprint density at radius 3 is 2.58 bits per heavy atom. The Balaban J connectivity index is 1.91. The van der Waals surface area contributed by atoms with E-state index in [9.17, 15) is 13.2 Å². The highest BCUT2D eigenvalue weighted by Gasteiger charge is 2.31. The van der Waals surface area contributed by atoms with Crippen LogP contribution in [0.3, 0.4) is 0 Å². The van der Waals surface area contributed by atoms with Gasteiger partial charge in [0.15, 0.2) is 0 Å². The van der Waals surface area contributed by atoms with Gasteiger partial charge in [0.25, 0.3) is 0 Å². The summed E-state index contributed by atoms with van der Waals surface area (Å²) < 4.78 is 28.0. The summed E-state index contributed by atoms with van der Waals surface area (Å²) in [6.45, 7) is 4.70. The van der Waals surface area contributed by atoms with Crippen molar-refractivity contribution in [3.8, 4) is 0 Å². The predicted octanol–water partition coefficient (Wildman–Crippen LogP) is 0.0628. The zero-order valence-corrected chi connectivity index (χ0v) is 15.3. The smallest absolute Gasteiger partial charge is 0.246 e. The van der Waals surface area contributed by atoms with E-state index in [4.69, 9.17) is 5.73 Å². The van der Waals surface area contributed by atoms with Gasteiger partial charge in [-0.05, 0) is 18.8 Å². The van der Waals surface area contributed by atoms with Crippen LogP contribution in [0, 0.1) is 5.92 Å². The summed E-state index contributed by atoms with van der Waals surface area (Å²) in [7, 11) is -1.83. The van der Waals surface area contributed by atoms with Crippen LogP contribution in [0.5, 0.6) is 0 Å². The number of nitrogens with zero attached hydrogens (tertiary/aromatic N) is 3. The lowest BCUT2D eigenvalue weighted by Crippen LogP contribution is -2.52. The Bertz CT molecular complexity index is 664. The molecular weight excluding hydrogens is 330 g/mol. The van der Waals surface area contributed by atoms with Gasteiger partial charge in [0, 0.05) is 32.4 Å². The quantitative estimate of drug-likeness (QED) is 0.748. The highest BCUT2D eigenvalue weighted by Crippen LogP contribution is 2.20. The van der Waals surface area contributed by atoms with E-state index in [0.717, 1.165) is 6.42 Å². The number of nitrogens with one attached hydrogen (secondary N) is 1. The zero-order chi connectivity index (χ0) is 17.9. The number of piperidine rings is 1. The molecule has 1 fully saturated rings. The van der Waals surface area contributed by atoms with Gasteiger partial charge in [-0.25, -0.2) is 8.42 Å². The van der Waals surface area contributed by atoms with Crippen LogP contribution in [-0.2, 0) is 21.9 Å². The SMILES string of the molecule is CCC(C)C(N)C(=O)NC1CCN(S(=O)(=O)c2cnn(C)c2)CC1. The molecule has 24 heavy (non-hydrogen) atoms. The summed E-state index contributed by atoms with van der Waals surface area (Å²) in [5.41, 5.74) is 5.94. The number of hydrogen-bond acceptors (Lipinski definition) is 5. The summed E-state index contributed by atoms with van der Waals surface area (Å²) in [5.74, 6) is -0.0334. The van der Waals surface area contributed by atoms with E-state index < -0.39 is 16.1 Å². The maximum Gasteiger partial charge on any atom is 0.246 e. The molecular formula is C15H27N5O3S. The maximum atomic E-state index is 12.5. The lowest BCUT2D eigenvalue weighted by Gasteiger charge is -2.32. The molecule has 2 unspecified atom stereocenters. The van der Waals surface area contributed by atoms with Gasteiger partial charge in [-0.3, -0.25) is 9.48 Å². The number of amides is 1. The number of aromatic nitrogens is 2. The van der Waals surface area contributed by atoms with Crippen molar-refractivity contribution in [2.24, 2.45) is 18.7 Å². The van der Waals surface area contributed by atoms with Crippen molar-refractivity contribution in [2.75, 3.05) is 13.1 Å². The first kappa shape index (κ1) is 18.9. The van der Waals surface area contributed by atoms with Crippen molar-refractivity contribution in [1.29, 1.82) is 0 Å². The fourth-order valence-electron chi connectivity index (χ4n) is 2.73. The van der Waals surface area contributed by atoms with Crippen molar-refractivity contribution < 1.29 is 13.2 Å². The number of hydrogen-bond donors (Lipinski definition) is 2. The second kappa shape index (κ2) is 7.62. The molecule has 0 spiro atoms. The van der Waals surface area contributed by atoms with Crippen LogP contribution in [0.15, 0.2) is 17.3 Å². The van der Waals surface area contributed by atoms with E-state index >= 15 is 0 Å². The molecule has 0 aliphatic carbocycles. The lowest BCUT2D eigenvalue weighted by molar-refractivity contribution is -0.124. The monoisotopic (exact) mass is 357 g/mol. The average Bonchev–Trinajstić information content (AvgIpc) is 3.01. The molecule has 136 valence electrons. The van der Waals surface area contributed by atoms with Crippen molar-refractivity contribution in [1.82, 2.24) is 19.4 Å². The van der Waals surface area contributed by atoms with E-state index in [-0.39, 0.29) is 22.8 Å². The highest BCUT2D eigenvalue weighted by atomic mass is 32.2. The Morgan fingerprint density at radius 1 is 1.46 bits per heavy atom. The third-order valence-electron chi connectivity index (χ3n) is 4.68. The van der Waals surface area contributed by atoms with Crippen LogP contribution in [0.25, 0.3) is 0 Å². The van der Waals surface area contributed by atoms with Crippen molar-refractivity contribution in [2.45, 2.75) is 50.1 Å². The summed E-state index contributed by atoms with van der Waals surface area (Å²) in [6.07, 6.45) is 4.86. The van der Waals surface area contributed by atoms with Crippen LogP contribution in [0.2, 0.25) is 0 Å². The summed E-state index contributed by atoms with van der Waals surface area (Å²) >= 11 is 0. The molecule has 0 aromatic carbocycles. The number of sulfonamides is 1. The fraction of sp³-hybridized carbons (Fsp3) is 0.733. The van der Waals surface area contributed by atoms with Crippen LogP contribution in [0.1, 0.15) is 33.1 Å². The first-order valence-corrected chi connectivity index (χ1v) is 9.74. The first-order valence-electron chi connectivity index (χ1n) is 8.30. The van der Waals surface area contributed by atoms with Gasteiger partial charge in [0.1, 0.15) is 4.90 Å². The Hall–Kier alpha value is -1.45. The van der Waals surface area contributed by atoms with Crippen molar-refractivity contribution >= 4 is 15.9 Å². The van der Waals surface area contributed by atoms with E-state index in [2.05, 4.69) is 10.4 Å². The number of rotatable bonds is 6. The molecule has 3 N–H and O–H groups in total. The molecule has 2 atom stereocenters. The van der Waals surface area contributed by atoms with Crippen molar-refractivity contribution in [3.63, 3.8) is 0 Å². The topological polar surface area (TPSA) is 110 Å². The maximum absolute atomic E-state index is 12.5. The molecule has 1 aromatic rings. The molecule has 2 rings (SSSR count). The highest BCUT2D eigenvalue weighted by molar-refractivity contribution is 7.89. The molecule has 0 bridgehead atoms. The van der Waals surface area contributed by atoms with Gasteiger partial charge >= 0.3 is 0 Å². The molecule has 0 radical (unpaired) electrons. The molecule has 8 nitrogen and oxygen atoms in total. The van der Waals surface area contributed by atoms with Gasteiger partial charge in [-0.15, -0.1) is 0 Å². The normalized spacial score (nSPS) is 19.8. The number of carbonyl (C=O) groups is 1. The minimum absolute atomic E-state index is 0.0343. The van der Waals surface area contributed by atoms with E-state index in [1.54, 1.807) is 7.05 Å². The number of carbonyl (C=O) groups excluding carboxylic acids is 1. The second-order valence-corrected chi connectivity index (χ2v) is 8.39. The van der Waals surface area contributed by atoms with Gasteiger partial charge < -0.3 is 11.1 Å². The molecule has 1 aliphatic rings. The Kier molecular flexibility index (Phi) is 6.00. The van der Waals surface area contributed by atoms with Crippen LogP contribution >= 0.6 is 0 Å². The lowest BCUT2D eigenvalue weighted by atomic mass is 9.98. The zero-order valence-electron chi connectivity index (χ0n) is 14.5. The first-order chi connectivity index (χ1) is 11.3. The van der Waals surface area contributed by atoms with Gasteiger partial charge in [-0.2, -0.15) is 9.40 Å². The Labute approximate surface area is 143 Å². The number of nitrogens with two attached hydrogens (primary N) is 1. The summed E-state index contributed by atoms with van der Waals surface area (Å²) in [6, 6.07) is -0.555. The number of aryl methyl sites for hydroxylation is 1. The second-order valence-electron chi connectivity index (χ2n) is 6.45. The standard InChI is InChI=1S/C15H27N5O3S/c1-4-11(2)14(16)15(21)18-12-5-7-20(8-6-12)24(22,23)13-9-17-19(3)10-13/h9-12,14H,4-8,16H2,1-3H3,(H,18,21). The van der Waals surface area contributed by atoms with Gasteiger partial charge in [-0.1, -0.05) is 20.3 Å². The third kappa shape index (κ3) is 4.14. The largest absolute Gasteiger partial charge is 0.352 e. The van der Waals surface area contributed by atoms with E-state index in [1.165, 1.54) is 21.4 Å². The van der Waals surface area contributed by atoms with Crippen LogP contribution < -0.4 is 11.1 Å².